The Hall–Kier alpha value is -0.750. The van der Waals surface area contributed by atoms with Gasteiger partial charge in [-0.2, -0.15) is 0 Å². The van der Waals surface area contributed by atoms with Crippen LogP contribution >= 0.6 is 0 Å². The van der Waals surface area contributed by atoms with Crippen LogP contribution in [0.1, 0.15) is 6.92 Å². The molecule has 0 saturated carbocycles. The van der Waals surface area contributed by atoms with Crippen molar-refractivity contribution in [2.24, 2.45) is 0 Å². The van der Waals surface area contributed by atoms with Crippen LogP contribution in [-0.4, -0.2) is 72.2 Å². The Balaban J connectivity index is 1.74. The van der Waals surface area contributed by atoms with Crippen LogP contribution in [0.5, 0.6) is 0 Å². The van der Waals surface area contributed by atoms with Gasteiger partial charge in [0.2, 0.25) is 0 Å². The summed E-state index contributed by atoms with van der Waals surface area (Å²) < 4.78 is 17.4. The van der Waals surface area contributed by atoms with Gasteiger partial charge in [-0.15, -0.1) is 0 Å². The number of piperazine rings is 1. The van der Waals surface area contributed by atoms with E-state index in [0.717, 1.165) is 50.0 Å². The SMILES string of the molecule is COCCN1CCN(CC[S@@](=O)c2ccccc2)C[C@@H]1C. The monoisotopic (exact) mass is 310 g/mol. The molecule has 1 saturated heterocycles. The molecule has 2 rings (SSSR count). The van der Waals surface area contributed by atoms with Crippen molar-refractivity contribution < 1.29 is 8.95 Å². The van der Waals surface area contributed by atoms with Crippen molar-refractivity contribution in [1.82, 2.24) is 9.80 Å². The second kappa shape index (κ2) is 8.63. The van der Waals surface area contributed by atoms with Crippen LogP contribution in [0.4, 0.5) is 0 Å². The third-order valence-electron chi connectivity index (χ3n) is 4.03. The molecule has 1 heterocycles. The lowest BCUT2D eigenvalue weighted by molar-refractivity contribution is 0.0618. The van der Waals surface area contributed by atoms with Crippen molar-refractivity contribution in [3.63, 3.8) is 0 Å². The van der Waals surface area contributed by atoms with Crippen molar-refractivity contribution in [3.05, 3.63) is 30.3 Å². The zero-order valence-electron chi connectivity index (χ0n) is 13.0. The molecule has 0 spiro atoms. The van der Waals surface area contributed by atoms with Gasteiger partial charge in [-0.1, -0.05) is 18.2 Å². The molecule has 1 fully saturated rings. The first kappa shape index (κ1) is 16.6. The van der Waals surface area contributed by atoms with E-state index < -0.39 is 10.8 Å². The van der Waals surface area contributed by atoms with Gasteiger partial charge in [0.25, 0.3) is 0 Å². The first-order valence-electron chi connectivity index (χ1n) is 7.59. The molecule has 1 aliphatic heterocycles. The Morgan fingerprint density at radius 2 is 2.00 bits per heavy atom. The standard InChI is InChI=1S/C16H26N2O2S/c1-15-14-17(8-9-18(15)10-12-20-2)11-13-21(19)16-6-4-3-5-7-16/h3-7,15H,8-14H2,1-2H3/t15-,21+/m0/s1. The van der Waals surface area contributed by atoms with Crippen LogP contribution < -0.4 is 0 Å². The lowest BCUT2D eigenvalue weighted by Gasteiger charge is -2.39. The molecule has 21 heavy (non-hydrogen) atoms. The number of methoxy groups -OCH3 is 1. The lowest BCUT2D eigenvalue weighted by atomic mass is 10.2. The van der Waals surface area contributed by atoms with Crippen molar-refractivity contribution in [3.8, 4) is 0 Å². The Morgan fingerprint density at radius 1 is 1.24 bits per heavy atom. The van der Waals surface area contributed by atoms with Crippen molar-refractivity contribution >= 4 is 10.8 Å². The van der Waals surface area contributed by atoms with Crippen LogP contribution in [0.15, 0.2) is 35.2 Å². The minimum Gasteiger partial charge on any atom is -0.383 e. The lowest BCUT2D eigenvalue weighted by Crippen LogP contribution is -2.53. The number of ether oxygens (including phenoxy) is 1. The summed E-state index contributed by atoms with van der Waals surface area (Å²) in [6.45, 7) is 8.14. The van der Waals surface area contributed by atoms with Crippen molar-refractivity contribution in [2.45, 2.75) is 17.9 Å². The minimum absolute atomic E-state index is 0.541. The largest absolute Gasteiger partial charge is 0.383 e. The highest BCUT2D eigenvalue weighted by Gasteiger charge is 2.23. The molecule has 0 radical (unpaired) electrons. The minimum atomic E-state index is -0.885. The molecule has 2 atom stereocenters. The molecule has 0 amide bonds. The van der Waals surface area contributed by atoms with E-state index >= 15 is 0 Å². The zero-order chi connectivity index (χ0) is 15.1. The summed E-state index contributed by atoms with van der Waals surface area (Å²) in [5, 5.41) is 0. The summed E-state index contributed by atoms with van der Waals surface area (Å²) in [5.41, 5.74) is 0. The highest BCUT2D eigenvalue weighted by molar-refractivity contribution is 7.85. The first-order valence-corrected chi connectivity index (χ1v) is 8.91. The van der Waals surface area contributed by atoms with Gasteiger partial charge in [0.1, 0.15) is 0 Å². The van der Waals surface area contributed by atoms with Gasteiger partial charge in [0.05, 0.1) is 17.4 Å². The average Bonchev–Trinajstić information content (AvgIpc) is 2.52. The first-order chi connectivity index (χ1) is 10.2. The van der Waals surface area contributed by atoms with Gasteiger partial charge < -0.3 is 4.74 Å². The van der Waals surface area contributed by atoms with Crippen molar-refractivity contribution in [2.75, 3.05) is 52.2 Å². The van der Waals surface area contributed by atoms with Crippen LogP contribution in [0.3, 0.4) is 0 Å². The number of rotatable bonds is 7. The summed E-state index contributed by atoms with van der Waals surface area (Å²) in [5.74, 6) is 0.717. The van der Waals surface area contributed by atoms with E-state index in [4.69, 9.17) is 4.74 Å². The molecule has 4 nitrogen and oxygen atoms in total. The molecule has 0 unspecified atom stereocenters. The number of nitrogens with zero attached hydrogens (tertiary/aromatic N) is 2. The molecule has 1 aromatic rings. The molecule has 0 aliphatic carbocycles. The van der Waals surface area contributed by atoms with Gasteiger partial charge in [-0.25, -0.2) is 0 Å². The molecule has 1 aliphatic rings. The number of benzene rings is 1. The maximum absolute atomic E-state index is 12.2. The fraction of sp³-hybridized carbons (Fsp3) is 0.625. The second-order valence-electron chi connectivity index (χ2n) is 5.54. The van der Waals surface area contributed by atoms with Gasteiger partial charge in [-0.05, 0) is 19.1 Å². The average molecular weight is 310 g/mol. The predicted octanol–water partition coefficient (Wildman–Crippen LogP) is 1.45. The van der Waals surface area contributed by atoms with E-state index in [0.29, 0.717) is 6.04 Å². The van der Waals surface area contributed by atoms with Crippen LogP contribution in [-0.2, 0) is 15.5 Å². The fourth-order valence-electron chi connectivity index (χ4n) is 2.72. The highest BCUT2D eigenvalue weighted by atomic mass is 32.2. The molecule has 118 valence electrons. The van der Waals surface area contributed by atoms with E-state index in [1.54, 1.807) is 7.11 Å². The van der Waals surface area contributed by atoms with Crippen LogP contribution in [0.25, 0.3) is 0 Å². The van der Waals surface area contributed by atoms with Gasteiger partial charge >= 0.3 is 0 Å². The highest BCUT2D eigenvalue weighted by Crippen LogP contribution is 2.11. The van der Waals surface area contributed by atoms with Crippen molar-refractivity contribution in [1.29, 1.82) is 0 Å². The van der Waals surface area contributed by atoms with Crippen LogP contribution in [0.2, 0.25) is 0 Å². The summed E-state index contributed by atoms with van der Waals surface area (Å²) in [6.07, 6.45) is 0. The van der Waals surface area contributed by atoms with E-state index in [9.17, 15) is 4.21 Å². The molecule has 5 heteroatoms. The summed E-state index contributed by atoms with van der Waals surface area (Å²) in [6, 6.07) is 10.3. The Labute approximate surface area is 130 Å². The topological polar surface area (TPSA) is 32.8 Å². The smallest absolute Gasteiger partial charge is 0.0589 e. The van der Waals surface area contributed by atoms with Gasteiger partial charge in [0, 0.05) is 56.5 Å². The molecular weight excluding hydrogens is 284 g/mol. The maximum atomic E-state index is 12.2. The quantitative estimate of drug-likeness (QED) is 0.763. The number of hydrogen-bond acceptors (Lipinski definition) is 4. The molecule has 0 bridgehead atoms. The summed E-state index contributed by atoms with van der Waals surface area (Å²) in [4.78, 5) is 5.83. The molecule has 0 N–H and O–H groups in total. The summed E-state index contributed by atoms with van der Waals surface area (Å²) >= 11 is 0. The third-order valence-corrected chi connectivity index (χ3v) is 5.38. The molecule has 0 aromatic heterocycles. The van der Waals surface area contributed by atoms with E-state index in [2.05, 4.69) is 16.7 Å². The predicted molar refractivity (Wildman–Crippen MR) is 87.1 cm³/mol. The van der Waals surface area contributed by atoms with E-state index in [1.807, 2.05) is 30.3 Å². The normalized spacial score (nSPS) is 22.3. The van der Waals surface area contributed by atoms with Gasteiger partial charge in [0.15, 0.2) is 0 Å². The van der Waals surface area contributed by atoms with E-state index in [-0.39, 0.29) is 0 Å². The van der Waals surface area contributed by atoms with Crippen LogP contribution in [0, 0.1) is 0 Å². The third kappa shape index (κ3) is 5.18. The maximum Gasteiger partial charge on any atom is 0.0589 e. The second-order valence-corrected chi connectivity index (χ2v) is 7.11. The Kier molecular flexibility index (Phi) is 6.83. The Bertz CT molecular complexity index is 441. The van der Waals surface area contributed by atoms with Gasteiger partial charge in [-0.3, -0.25) is 14.0 Å². The zero-order valence-corrected chi connectivity index (χ0v) is 13.8. The molecular formula is C16H26N2O2S. The fourth-order valence-corrected chi connectivity index (χ4v) is 3.84. The molecule has 1 aromatic carbocycles. The summed E-state index contributed by atoms with van der Waals surface area (Å²) in [7, 11) is 0.865. The number of hydrogen-bond donors (Lipinski definition) is 0. The Morgan fingerprint density at radius 3 is 2.67 bits per heavy atom. The van der Waals surface area contributed by atoms with E-state index in [1.165, 1.54) is 0 Å².